The van der Waals surface area contributed by atoms with E-state index in [4.69, 9.17) is 0 Å². The predicted molar refractivity (Wildman–Crippen MR) is 99.1 cm³/mol. The minimum Gasteiger partial charge on any atom is -0.469 e. The highest BCUT2D eigenvalue weighted by Crippen LogP contribution is 2.22. The zero-order valence-electron chi connectivity index (χ0n) is 16.1. The van der Waals surface area contributed by atoms with Crippen LogP contribution in [0.1, 0.15) is 53.8 Å². The quantitative estimate of drug-likeness (QED) is 0.488. The minimum atomic E-state index is -0.377. The summed E-state index contributed by atoms with van der Waals surface area (Å²) in [5.74, 6) is -0.887. The third-order valence-corrected chi connectivity index (χ3v) is 4.57. The van der Waals surface area contributed by atoms with Gasteiger partial charge in [0.25, 0.3) is 11.8 Å². The van der Waals surface area contributed by atoms with Crippen molar-refractivity contribution in [1.82, 2.24) is 9.80 Å². The van der Waals surface area contributed by atoms with E-state index >= 15 is 0 Å². The number of fused-ring (bicyclic) bond motifs is 1. The molecule has 0 atom stereocenters. The molecule has 7 heteroatoms. The lowest BCUT2D eigenvalue weighted by molar-refractivity contribution is -0.141. The molecule has 0 spiro atoms. The van der Waals surface area contributed by atoms with E-state index in [-0.39, 0.29) is 49.6 Å². The maximum Gasteiger partial charge on any atom is 0.307 e. The molecular weight excluding hydrogens is 348 g/mol. The molecule has 0 aromatic heterocycles. The normalized spacial score (nSPS) is 13.1. The minimum absolute atomic E-state index is 0.0293. The van der Waals surface area contributed by atoms with E-state index in [0.717, 1.165) is 11.3 Å². The molecule has 1 aliphatic heterocycles. The van der Waals surface area contributed by atoms with E-state index in [1.165, 1.54) is 7.11 Å². The Hall–Kier alpha value is -2.70. The van der Waals surface area contributed by atoms with Crippen molar-refractivity contribution in [2.45, 2.75) is 33.1 Å². The molecule has 0 N–H and O–H groups in total. The highest BCUT2D eigenvalue weighted by atomic mass is 16.5. The number of rotatable bonds is 9. The molecule has 0 saturated carbocycles. The van der Waals surface area contributed by atoms with Crippen molar-refractivity contribution < 1.29 is 23.9 Å². The summed E-state index contributed by atoms with van der Waals surface area (Å²) >= 11 is 0. The Kier molecular flexibility index (Phi) is 7.10. The van der Waals surface area contributed by atoms with Crippen molar-refractivity contribution in [2.24, 2.45) is 5.92 Å². The van der Waals surface area contributed by atoms with Gasteiger partial charge in [-0.05, 0) is 24.5 Å². The summed E-state index contributed by atoms with van der Waals surface area (Å²) in [6, 6.07) is 6.64. The van der Waals surface area contributed by atoms with Crippen molar-refractivity contribution in [1.29, 1.82) is 0 Å². The van der Waals surface area contributed by atoms with Gasteiger partial charge in [0.2, 0.25) is 5.91 Å². The summed E-state index contributed by atoms with van der Waals surface area (Å²) in [5.41, 5.74) is 0.745. The van der Waals surface area contributed by atoms with Gasteiger partial charge in [0.15, 0.2) is 0 Å². The van der Waals surface area contributed by atoms with Gasteiger partial charge in [-0.2, -0.15) is 0 Å². The van der Waals surface area contributed by atoms with E-state index in [9.17, 15) is 19.2 Å². The van der Waals surface area contributed by atoms with Crippen LogP contribution in [0, 0.1) is 5.92 Å². The number of hydrogen-bond acceptors (Lipinski definition) is 5. The fourth-order valence-electron chi connectivity index (χ4n) is 2.91. The molecule has 0 fully saturated rings. The van der Waals surface area contributed by atoms with Gasteiger partial charge in [0.05, 0.1) is 24.7 Å². The molecule has 1 heterocycles. The predicted octanol–water partition coefficient (Wildman–Crippen LogP) is 2.11. The molecule has 0 bridgehead atoms. The van der Waals surface area contributed by atoms with Gasteiger partial charge >= 0.3 is 5.97 Å². The van der Waals surface area contributed by atoms with Gasteiger partial charge in [-0.1, -0.05) is 26.0 Å². The molecule has 1 aliphatic rings. The van der Waals surface area contributed by atoms with Crippen LogP contribution in [0.15, 0.2) is 24.3 Å². The van der Waals surface area contributed by atoms with Crippen LogP contribution in [0.2, 0.25) is 0 Å². The number of nitrogens with zero attached hydrogens (tertiary/aromatic N) is 2. The number of imide groups is 1. The monoisotopic (exact) mass is 374 g/mol. The van der Waals surface area contributed by atoms with E-state index in [2.05, 4.69) is 18.6 Å². The molecule has 27 heavy (non-hydrogen) atoms. The van der Waals surface area contributed by atoms with Crippen LogP contribution in [0.5, 0.6) is 0 Å². The van der Waals surface area contributed by atoms with Gasteiger partial charge in [-0.3, -0.25) is 24.1 Å². The topological polar surface area (TPSA) is 84.0 Å². The van der Waals surface area contributed by atoms with Crippen molar-refractivity contribution in [3.63, 3.8) is 0 Å². The van der Waals surface area contributed by atoms with Gasteiger partial charge < -0.3 is 9.64 Å². The molecule has 0 radical (unpaired) electrons. The Balaban J connectivity index is 1.97. The Morgan fingerprint density at radius 3 is 2.15 bits per heavy atom. The summed E-state index contributed by atoms with van der Waals surface area (Å²) in [5, 5.41) is 0. The first-order valence-electron chi connectivity index (χ1n) is 9.15. The molecule has 146 valence electrons. The molecule has 0 saturated heterocycles. The fourth-order valence-corrected chi connectivity index (χ4v) is 2.91. The van der Waals surface area contributed by atoms with Crippen LogP contribution in [0.3, 0.4) is 0 Å². The largest absolute Gasteiger partial charge is 0.469 e. The van der Waals surface area contributed by atoms with Crippen LogP contribution >= 0.6 is 0 Å². The van der Waals surface area contributed by atoms with Crippen molar-refractivity contribution in [2.75, 3.05) is 26.7 Å². The Bertz CT molecular complexity index is 694. The van der Waals surface area contributed by atoms with Crippen LogP contribution in [-0.2, 0) is 14.3 Å². The SMILES string of the molecule is COC(=O)CCN(CCC(C)C)C(=O)CCN1C(=O)c2ccccc2C1=O. The molecule has 2 rings (SSSR count). The van der Waals surface area contributed by atoms with E-state index in [0.29, 0.717) is 23.6 Å². The number of esters is 1. The third-order valence-electron chi connectivity index (χ3n) is 4.57. The Morgan fingerprint density at radius 1 is 1.04 bits per heavy atom. The molecule has 1 aromatic carbocycles. The highest BCUT2D eigenvalue weighted by Gasteiger charge is 2.35. The summed E-state index contributed by atoms with van der Waals surface area (Å²) in [6.07, 6.45) is 0.956. The lowest BCUT2D eigenvalue weighted by Crippen LogP contribution is -2.38. The summed E-state index contributed by atoms with van der Waals surface area (Å²) < 4.78 is 4.64. The molecule has 7 nitrogen and oxygen atoms in total. The number of benzene rings is 1. The third kappa shape index (κ3) is 5.15. The smallest absolute Gasteiger partial charge is 0.307 e. The van der Waals surface area contributed by atoms with Gasteiger partial charge in [0, 0.05) is 26.1 Å². The Labute approximate surface area is 159 Å². The second kappa shape index (κ2) is 9.30. The van der Waals surface area contributed by atoms with Crippen molar-refractivity contribution in [3.05, 3.63) is 35.4 Å². The molecule has 0 aliphatic carbocycles. The van der Waals surface area contributed by atoms with Gasteiger partial charge in [-0.15, -0.1) is 0 Å². The van der Waals surface area contributed by atoms with E-state index < -0.39 is 0 Å². The number of amides is 3. The number of carbonyl (C=O) groups is 4. The summed E-state index contributed by atoms with van der Waals surface area (Å²) in [4.78, 5) is 51.5. The van der Waals surface area contributed by atoms with Crippen molar-refractivity contribution >= 4 is 23.7 Å². The second-order valence-corrected chi connectivity index (χ2v) is 6.95. The average Bonchev–Trinajstić information content (AvgIpc) is 2.90. The number of ether oxygens (including phenoxy) is 1. The first-order chi connectivity index (χ1) is 12.8. The molecule has 1 aromatic rings. The molecular formula is C20H26N2O5. The maximum atomic E-state index is 12.6. The van der Waals surface area contributed by atoms with Crippen LogP contribution in [0.25, 0.3) is 0 Å². The van der Waals surface area contributed by atoms with Crippen LogP contribution in [0.4, 0.5) is 0 Å². The number of methoxy groups -OCH3 is 1. The first kappa shape index (κ1) is 20.6. The second-order valence-electron chi connectivity index (χ2n) is 6.95. The molecule has 0 unspecified atom stereocenters. The van der Waals surface area contributed by atoms with Gasteiger partial charge in [-0.25, -0.2) is 0 Å². The van der Waals surface area contributed by atoms with Crippen molar-refractivity contribution in [3.8, 4) is 0 Å². The number of hydrogen-bond donors (Lipinski definition) is 0. The van der Waals surface area contributed by atoms with E-state index in [1.807, 2.05) is 0 Å². The number of carbonyl (C=O) groups excluding carboxylic acids is 4. The average molecular weight is 374 g/mol. The lowest BCUT2D eigenvalue weighted by Gasteiger charge is -2.24. The highest BCUT2D eigenvalue weighted by molar-refractivity contribution is 6.21. The Morgan fingerprint density at radius 2 is 1.63 bits per heavy atom. The zero-order valence-corrected chi connectivity index (χ0v) is 16.1. The lowest BCUT2D eigenvalue weighted by atomic mass is 10.1. The van der Waals surface area contributed by atoms with Crippen LogP contribution in [-0.4, -0.2) is 60.2 Å². The summed E-state index contributed by atoms with van der Waals surface area (Å²) in [6.45, 7) is 4.93. The fraction of sp³-hybridized carbons (Fsp3) is 0.500. The van der Waals surface area contributed by atoms with Gasteiger partial charge in [0.1, 0.15) is 0 Å². The first-order valence-corrected chi connectivity index (χ1v) is 9.15. The summed E-state index contributed by atoms with van der Waals surface area (Å²) in [7, 11) is 1.31. The van der Waals surface area contributed by atoms with E-state index in [1.54, 1.807) is 29.2 Å². The van der Waals surface area contributed by atoms with Crippen LogP contribution < -0.4 is 0 Å². The maximum absolute atomic E-state index is 12.6. The molecule has 3 amide bonds. The standard InChI is InChI=1S/C20H26N2O5/c1-14(2)8-11-21(12-10-18(24)27-3)17(23)9-13-22-19(25)15-6-4-5-7-16(15)20(22)26/h4-7,14H,8-13H2,1-3H3. The zero-order chi connectivity index (χ0) is 20.0.